The number of aromatic nitrogens is 2. The summed E-state index contributed by atoms with van der Waals surface area (Å²) in [5.74, 6) is 0.869. The Morgan fingerprint density at radius 2 is 2.00 bits per heavy atom. The summed E-state index contributed by atoms with van der Waals surface area (Å²) >= 11 is 1.68. The second kappa shape index (κ2) is 9.13. The average molecular weight is 356 g/mol. The Balaban J connectivity index is 1.56. The number of aryl methyl sites for hydroxylation is 2. The van der Waals surface area contributed by atoms with Gasteiger partial charge in [-0.25, -0.2) is 9.97 Å². The fraction of sp³-hybridized carbons (Fsp3) is 0.400. The van der Waals surface area contributed by atoms with Crippen molar-refractivity contribution in [2.24, 2.45) is 0 Å². The van der Waals surface area contributed by atoms with E-state index in [0.29, 0.717) is 0 Å². The molecule has 132 valence electrons. The van der Waals surface area contributed by atoms with Crippen LogP contribution in [0.2, 0.25) is 0 Å². The molecule has 4 nitrogen and oxygen atoms in total. The van der Waals surface area contributed by atoms with Crippen molar-refractivity contribution >= 4 is 17.8 Å². The van der Waals surface area contributed by atoms with Crippen LogP contribution in [-0.2, 0) is 11.3 Å². The van der Waals surface area contributed by atoms with E-state index in [2.05, 4.69) is 59.3 Å². The van der Waals surface area contributed by atoms with E-state index in [1.807, 2.05) is 6.92 Å². The Labute approximate surface area is 154 Å². The van der Waals surface area contributed by atoms with E-state index in [9.17, 15) is 0 Å². The minimum atomic E-state index is 0.815. The first kappa shape index (κ1) is 18.1. The van der Waals surface area contributed by atoms with Crippen LogP contribution in [0.25, 0.3) is 6.08 Å². The Bertz CT molecular complexity index is 727. The zero-order valence-corrected chi connectivity index (χ0v) is 15.8. The van der Waals surface area contributed by atoms with E-state index in [-0.39, 0.29) is 0 Å². The van der Waals surface area contributed by atoms with Gasteiger partial charge in [-0.3, -0.25) is 4.90 Å². The molecule has 1 saturated heterocycles. The minimum Gasteiger partial charge on any atom is -0.379 e. The topological polar surface area (TPSA) is 38.2 Å². The number of ether oxygens (including phenoxy) is 1. The molecule has 1 fully saturated rings. The van der Waals surface area contributed by atoms with Gasteiger partial charge in [-0.1, -0.05) is 53.7 Å². The molecule has 0 radical (unpaired) electrons. The molecule has 1 aromatic carbocycles. The highest BCUT2D eigenvalue weighted by Gasteiger charge is 2.12. The summed E-state index contributed by atoms with van der Waals surface area (Å²) < 4.78 is 5.41. The summed E-state index contributed by atoms with van der Waals surface area (Å²) in [4.78, 5) is 11.7. The SMILES string of the molecule is Cc1cccc(C=CCSc2nc(C)cc(CN3CCOCC3)n2)c1. The highest BCUT2D eigenvalue weighted by molar-refractivity contribution is 7.99. The summed E-state index contributed by atoms with van der Waals surface area (Å²) in [7, 11) is 0. The molecule has 0 atom stereocenters. The van der Waals surface area contributed by atoms with Crippen LogP contribution in [0.1, 0.15) is 22.5 Å². The molecule has 1 aliphatic rings. The minimum absolute atomic E-state index is 0.815. The van der Waals surface area contributed by atoms with Crippen molar-refractivity contribution in [3.63, 3.8) is 0 Å². The lowest BCUT2D eigenvalue weighted by Gasteiger charge is -2.26. The lowest BCUT2D eigenvalue weighted by molar-refractivity contribution is 0.0335. The molecule has 0 unspecified atom stereocenters. The lowest BCUT2D eigenvalue weighted by atomic mass is 10.1. The van der Waals surface area contributed by atoms with Crippen LogP contribution in [0.4, 0.5) is 0 Å². The molecule has 0 amide bonds. The van der Waals surface area contributed by atoms with E-state index in [1.54, 1.807) is 11.8 Å². The molecule has 0 spiro atoms. The van der Waals surface area contributed by atoms with Crippen molar-refractivity contribution in [1.29, 1.82) is 0 Å². The zero-order chi connectivity index (χ0) is 17.5. The van der Waals surface area contributed by atoms with Gasteiger partial charge in [0.2, 0.25) is 0 Å². The van der Waals surface area contributed by atoms with Crippen molar-refractivity contribution in [3.8, 4) is 0 Å². The molecular weight excluding hydrogens is 330 g/mol. The number of benzene rings is 1. The third-order valence-electron chi connectivity index (χ3n) is 4.04. The Morgan fingerprint density at radius 3 is 2.80 bits per heavy atom. The molecule has 2 heterocycles. The summed E-state index contributed by atoms with van der Waals surface area (Å²) in [6.45, 7) is 8.61. The van der Waals surface area contributed by atoms with Gasteiger partial charge in [-0.15, -0.1) is 0 Å². The smallest absolute Gasteiger partial charge is 0.188 e. The van der Waals surface area contributed by atoms with Crippen molar-refractivity contribution in [3.05, 3.63) is 58.9 Å². The fourth-order valence-corrected chi connectivity index (χ4v) is 3.55. The van der Waals surface area contributed by atoms with E-state index in [1.165, 1.54) is 11.1 Å². The van der Waals surface area contributed by atoms with Gasteiger partial charge in [0.25, 0.3) is 0 Å². The van der Waals surface area contributed by atoms with Gasteiger partial charge in [-0.2, -0.15) is 0 Å². The van der Waals surface area contributed by atoms with E-state index >= 15 is 0 Å². The maximum Gasteiger partial charge on any atom is 0.188 e. The van der Waals surface area contributed by atoms with Gasteiger partial charge < -0.3 is 4.74 Å². The third kappa shape index (κ3) is 5.96. The molecule has 0 aliphatic carbocycles. The highest BCUT2D eigenvalue weighted by atomic mass is 32.2. The number of nitrogens with zero attached hydrogens (tertiary/aromatic N) is 3. The monoisotopic (exact) mass is 355 g/mol. The predicted molar refractivity (Wildman–Crippen MR) is 104 cm³/mol. The summed E-state index contributed by atoms with van der Waals surface area (Å²) in [6.07, 6.45) is 4.33. The van der Waals surface area contributed by atoms with Crippen molar-refractivity contribution in [1.82, 2.24) is 14.9 Å². The molecular formula is C20H25N3OS. The fourth-order valence-electron chi connectivity index (χ4n) is 2.82. The van der Waals surface area contributed by atoms with Crippen molar-refractivity contribution in [2.45, 2.75) is 25.5 Å². The second-order valence-electron chi connectivity index (χ2n) is 6.30. The van der Waals surface area contributed by atoms with E-state index in [4.69, 9.17) is 9.72 Å². The predicted octanol–water partition coefficient (Wildman–Crippen LogP) is 3.73. The number of thioether (sulfide) groups is 1. The molecule has 25 heavy (non-hydrogen) atoms. The zero-order valence-electron chi connectivity index (χ0n) is 14.9. The number of hydrogen-bond acceptors (Lipinski definition) is 5. The van der Waals surface area contributed by atoms with Crippen LogP contribution < -0.4 is 0 Å². The van der Waals surface area contributed by atoms with Crippen molar-refractivity contribution in [2.75, 3.05) is 32.1 Å². The first-order valence-corrected chi connectivity index (χ1v) is 9.68. The van der Waals surface area contributed by atoms with Crippen LogP contribution >= 0.6 is 11.8 Å². The van der Waals surface area contributed by atoms with Gasteiger partial charge in [0.05, 0.1) is 18.9 Å². The molecule has 3 rings (SSSR count). The number of hydrogen-bond donors (Lipinski definition) is 0. The summed E-state index contributed by atoms with van der Waals surface area (Å²) in [5, 5.41) is 0.858. The van der Waals surface area contributed by atoms with Crippen LogP contribution in [0.15, 0.2) is 41.6 Å². The maximum atomic E-state index is 5.41. The molecule has 1 aromatic heterocycles. The van der Waals surface area contributed by atoms with Crippen LogP contribution in [-0.4, -0.2) is 46.9 Å². The van der Waals surface area contributed by atoms with E-state index in [0.717, 1.165) is 55.1 Å². The number of rotatable bonds is 6. The van der Waals surface area contributed by atoms with Crippen molar-refractivity contribution < 1.29 is 4.74 Å². The van der Waals surface area contributed by atoms with E-state index < -0.39 is 0 Å². The Kier molecular flexibility index (Phi) is 6.62. The Hall–Kier alpha value is -1.69. The highest BCUT2D eigenvalue weighted by Crippen LogP contribution is 2.16. The second-order valence-corrected chi connectivity index (χ2v) is 7.29. The summed E-state index contributed by atoms with van der Waals surface area (Å²) in [5.41, 5.74) is 4.64. The normalized spacial score (nSPS) is 15.8. The molecule has 0 bridgehead atoms. The number of morpholine rings is 1. The first-order chi connectivity index (χ1) is 12.2. The molecule has 0 N–H and O–H groups in total. The average Bonchev–Trinajstić information content (AvgIpc) is 2.59. The maximum absolute atomic E-state index is 5.41. The lowest BCUT2D eigenvalue weighted by Crippen LogP contribution is -2.35. The van der Waals surface area contributed by atoms with Gasteiger partial charge in [0.1, 0.15) is 0 Å². The third-order valence-corrected chi connectivity index (χ3v) is 4.84. The quantitative estimate of drug-likeness (QED) is 0.583. The molecule has 1 aliphatic heterocycles. The first-order valence-electron chi connectivity index (χ1n) is 8.70. The van der Waals surface area contributed by atoms with Gasteiger partial charge >= 0.3 is 0 Å². The van der Waals surface area contributed by atoms with Gasteiger partial charge in [-0.05, 0) is 25.5 Å². The largest absolute Gasteiger partial charge is 0.379 e. The van der Waals surface area contributed by atoms with Crippen LogP contribution in [0, 0.1) is 13.8 Å². The molecule has 5 heteroatoms. The Morgan fingerprint density at radius 1 is 1.16 bits per heavy atom. The van der Waals surface area contributed by atoms with Crippen LogP contribution in [0.3, 0.4) is 0 Å². The molecule has 0 saturated carbocycles. The molecule has 2 aromatic rings. The standard InChI is InChI=1S/C20H25N3OS/c1-16-5-3-6-18(13-16)7-4-12-25-20-21-17(2)14-19(22-20)15-23-8-10-24-11-9-23/h3-7,13-14H,8-12,15H2,1-2H3. The van der Waals surface area contributed by atoms with Gasteiger partial charge in [0.15, 0.2) is 5.16 Å². The van der Waals surface area contributed by atoms with Gasteiger partial charge in [0, 0.05) is 31.1 Å². The summed E-state index contributed by atoms with van der Waals surface area (Å²) in [6, 6.07) is 10.6. The van der Waals surface area contributed by atoms with Crippen LogP contribution in [0.5, 0.6) is 0 Å².